The minimum Gasteiger partial charge on any atom is -0.389 e. The second-order valence-corrected chi connectivity index (χ2v) is 1.52. The second kappa shape index (κ2) is 2.90. The molecule has 0 aliphatic carbocycles. The maximum absolute atomic E-state index is 10.5. The van der Waals surface area contributed by atoms with Crippen molar-refractivity contribution in [2.45, 2.75) is 13.3 Å². The lowest BCUT2D eigenvalue weighted by atomic mass is 10.5. The number of aromatic amines is 1. The van der Waals surface area contributed by atoms with Crippen LogP contribution >= 0.6 is 0 Å². The van der Waals surface area contributed by atoms with E-state index in [-0.39, 0.29) is 12.0 Å². The predicted octanol–water partition coefficient (Wildman–Crippen LogP) is -0.485. The quantitative estimate of drug-likeness (QED) is 0.564. The fourth-order valence-electron chi connectivity index (χ4n) is 0.370. The smallest absolute Gasteiger partial charge is 0.363 e. The van der Waals surface area contributed by atoms with Crippen molar-refractivity contribution in [3.8, 4) is 6.01 Å². The van der Waals surface area contributed by atoms with Crippen molar-refractivity contribution in [2.75, 3.05) is 0 Å². The molecule has 0 atom stereocenters. The van der Waals surface area contributed by atoms with Crippen molar-refractivity contribution in [1.82, 2.24) is 20.6 Å². The van der Waals surface area contributed by atoms with Crippen molar-refractivity contribution < 1.29 is 9.53 Å². The molecule has 6 nitrogen and oxygen atoms in total. The van der Waals surface area contributed by atoms with Gasteiger partial charge >= 0.3 is 12.0 Å². The highest BCUT2D eigenvalue weighted by atomic mass is 16.6. The van der Waals surface area contributed by atoms with Crippen LogP contribution in [0.1, 0.15) is 13.3 Å². The van der Waals surface area contributed by atoms with Crippen molar-refractivity contribution in [3.05, 3.63) is 0 Å². The van der Waals surface area contributed by atoms with E-state index in [9.17, 15) is 4.79 Å². The second-order valence-electron chi connectivity index (χ2n) is 1.52. The Morgan fingerprint density at radius 2 is 2.60 bits per heavy atom. The summed E-state index contributed by atoms with van der Waals surface area (Å²) in [6.45, 7) is 1.68. The molecule has 0 saturated carbocycles. The number of tetrazole rings is 1. The van der Waals surface area contributed by atoms with E-state index in [0.717, 1.165) is 0 Å². The molecule has 6 heteroatoms. The Kier molecular flexibility index (Phi) is 1.93. The van der Waals surface area contributed by atoms with Gasteiger partial charge in [-0.3, -0.25) is 4.79 Å². The van der Waals surface area contributed by atoms with Crippen LogP contribution in [0.4, 0.5) is 0 Å². The van der Waals surface area contributed by atoms with Crippen molar-refractivity contribution in [3.63, 3.8) is 0 Å². The van der Waals surface area contributed by atoms with Crippen LogP contribution in [0.15, 0.2) is 0 Å². The monoisotopic (exact) mass is 142 g/mol. The van der Waals surface area contributed by atoms with Crippen LogP contribution in [-0.4, -0.2) is 26.6 Å². The lowest BCUT2D eigenvalue weighted by molar-refractivity contribution is -0.134. The first-order valence-electron chi connectivity index (χ1n) is 2.77. The number of hydrogen-bond acceptors (Lipinski definition) is 5. The zero-order chi connectivity index (χ0) is 7.40. The number of nitrogens with one attached hydrogen (secondary N) is 1. The summed E-state index contributed by atoms with van der Waals surface area (Å²) in [5.74, 6) is -0.374. The van der Waals surface area contributed by atoms with E-state index < -0.39 is 0 Å². The molecule has 0 spiro atoms. The van der Waals surface area contributed by atoms with E-state index in [2.05, 4.69) is 25.4 Å². The van der Waals surface area contributed by atoms with Gasteiger partial charge < -0.3 is 4.74 Å². The van der Waals surface area contributed by atoms with Gasteiger partial charge in [0.05, 0.1) is 0 Å². The molecule has 1 heterocycles. The molecular weight excluding hydrogens is 136 g/mol. The number of esters is 1. The maximum atomic E-state index is 10.5. The van der Waals surface area contributed by atoms with Crippen LogP contribution in [0, 0.1) is 0 Å². The van der Waals surface area contributed by atoms with E-state index in [1.807, 2.05) is 0 Å². The van der Waals surface area contributed by atoms with Gasteiger partial charge in [0, 0.05) is 6.42 Å². The van der Waals surface area contributed by atoms with Gasteiger partial charge in [-0.25, -0.2) is 0 Å². The number of nitrogens with zero attached hydrogens (tertiary/aromatic N) is 3. The molecular formula is C4H6N4O2. The van der Waals surface area contributed by atoms with Gasteiger partial charge in [-0.15, -0.1) is 0 Å². The molecule has 0 fully saturated rings. The van der Waals surface area contributed by atoms with Crippen LogP contribution in [0.25, 0.3) is 0 Å². The fraction of sp³-hybridized carbons (Fsp3) is 0.500. The Morgan fingerprint density at radius 3 is 3.10 bits per heavy atom. The fourth-order valence-corrected chi connectivity index (χ4v) is 0.370. The largest absolute Gasteiger partial charge is 0.389 e. The zero-order valence-electron chi connectivity index (χ0n) is 5.37. The van der Waals surface area contributed by atoms with E-state index in [1.165, 1.54) is 0 Å². The summed E-state index contributed by atoms with van der Waals surface area (Å²) >= 11 is 0. The van der Waals surface area contributed by atoms with Crippen molar-refractivity contribution in [1.29, 1.82) is 0 Å². The SMILES string of the molecule is CCC(=O)Oc1nn[nH]n1. The first kappa shape index (κ1) is 6.66. The first-order valence-corrected chi connectivity index (χ1v) is 2.77. The Morgan fingerprint density at radius 1 is 1.80 bits per heavy atom. The molecule has 1 aromatic heterocycles. The number of carbonyl (C=O) groups excluding carboxylic acids is 1. The molecule has 0 aliphatic rings. The van der Waals surface area contributed by atoms with Crippen molar-refractivity contribution in [2.24, 2.45) is 0 Å². The summed E-state index contributed by atoms with van der Waals surface area (Å²) in [4.78, 5) is 10.5. The topological polar surface area (TPSA) is 80.8 Å². The Balaban J connectivity index is 2.48. The zero-order valence-corrected chi connectivity index (χ0v) is 5.37. The van der Waals surface area contributed by atoms with Crippen LogP contribution < -0.4 is 4.74 Å². The Labute approximate surface area is 56.6 Å². The minimum atomic E-state index is -0.374. The lowest BCUT2D eigenvalue weighted by Gasteiger charge is -1.91. The molecule has 1 N–H and O–H groups in total. The van der Waals surface area contributed by atoms with Crippen molar-refractivity contribution >= 4 is 5.97 Å². The maximum Gasteiger partial charge on any atom is 0.363 e. The number of H-pyrrole nitrogens is 1. The Bertz CT molecular complexity index is 207. The average Bonchev–Trinajstić information content (AvgIpc) is 2.40. The molecule has 0 saturated heterocycles. The molecule has 0 bridgehead atoms. The van der Waals surface area contributed by atoms with Gasteiger partial charge in [0.2, 0.25) is 0 Å². The third-order valence-electron chi connectivity index (χ3n) is 0.820. The molecule has 0 aromatic carbocycles. The summed E-state index contributed by atoms with van der Waals surface area (Å²) < 4.78 is 4.55. The van der Waals surface area contributed by atoms with E-state index in [0.29, 0.717) is 6.42 Å². The summed E-state index contributed by atoms with van der Waals surface area (Å²) in [5.41, 5.74) is 0. The molecule has 1 rings (SSSR count). The first-order chi connectivity index (χ1) is 4.83. The van der Waals surface area contributed by atoms with Gasteiger partial charge in [0.1, 0.15) is 0 Å². The third kappa shape index (κ3) is 1.51. The predicted molar refractivity (Wildman–Crippen MR) is 30.1 cm³/mol. The number of rotatable bonds is 2. The Hall–Kier alpha value is -1.46. The molecule has 54 valence electrons. The van der Waals surface area contributed by atoms with E-state index >= 15 is 0 Å². The molecule has 0 amide bonds. The number of hydrogen-bond donors (Lipinski definition) is 1. The van der Waals surface area contributed by atoms with E-state index in [4.69, 9.17) is 0 Å². The van der Waals surface area contributed by atoms with Gasteiger partial charge in [0.15, 0.2) is 0 Å². The standard InChI is InChI=1S/C4H6N4O2/c1-2-3(9)10-4-5-7-8-6-4/h2H2,1H3,(H,5,6,7,8). The minimum absolute atomic E-state index is 0.0353. The van der Waals surface area contributed by atoms with Crippen LogP contribution in [-0.2, 0) is 4.79 Å². The molecule has 10 heavy (non-hydrogen) atoms. The molecule has 0 aliphatic heterocycles. The van der Waals surface area contributed by atoms with E-state index in [1.54, 1.807) is 6.92 Å². The highest BCUT2D eigenvalue weighted by molar-refractivity contribution is 5.70. The summed E-state index contributed by atoms with van der Waals surface area (Å²) in [6, 6.07) is -0.0353. The van der Waals surface area contributed by atoms with Crippen LogP contribution in [0.5, 0.6) is 6.01 Å². The van der Waals surface area contributed by atoms with Crippen LogP contribution in [0.3, 0.4) is 0 Å². The molecule has 0 radical (unpaired) electrons. The van der Waals surface area contributed by atoms with Crippen LogP contribution in [0.2, 0.25) is 0 Å². The molecule has 0 unspecified atom stereocenters. The summed E-state index contributed by atoms with van der Waals surface area (Å²) in [5, 5.41) is 12.2. The van der Waals surface area contributed by atoms with Gasteiger partial charge in [-0.1, -0.05) is 17.1 Å². The van der Waals surface area contributed by atoms with Gasteiger partial charge in [0.25, 0.3) is 0 Å². The lowest BCUT2D eigenvalue weighted by Crippen LogP contribution is -2.06. The molecule has 1 aromatic rings. The number of carbonyl (C=O) groups is 1. The number of ether oxygens (including phenoxy) is 1. The third-order valence-corrected chi connectivity index (χ3v) is 0.820. The van der Waals surface area contributed by atoms with Gasteiger partial charge in [-0.2, -0.15) is 5.21 Å². The average molecular weight is 142 g/mol. The number of aromatic nitrogens is 4. The normalized spacial score (nSPS) is 9.30. The highest BCUT2D eigenvalue weighted by Crippen LogP contribution is 1.95. The summed E-state index contributed by atoms with van der Waals surface area (Å²) in [6.07, 6.45) is 0.300. The van der Waals surface area contributed by atoms with Gasteiger partial charge in [-0.05, 0) is 5.21 Å². The summed E-state index contributed by atoms with van der Waals surface area (Å²) in [7, 11) is 0. The highest BCUT2D eigenvalue weighted by Gasteiger charge is 2.03.